The van der Waals surface area contributed by atoms with E-state index in [-0.39, 0.29) is 18.8 Å². The van der Waals surface area contributed by atoms with Gasteiger partial charge in [-0.1, -0.05) is 70.4 Å². The molecule has 0 aromatic rings. The summed E-state index contributed by atoms with van der Waals surface area (Å²) in [7, 11) is 0. The van der Waals surface area contributed by atoms with Gasteiger partial charge in [0.05, 0.1) is 12.3 Å². The van der Waals surface area contributed by atoms with Crippen LogP contribution in [0.3, 0.4) is 0 Å². The first-order valence-corrected chi connectivity index (χ1v) is 10.7. The normalized spacial score (nSPS) is 13.5. The maximum atomic E-state index is 11.6. The summed E-state index contributed by atoms with van der Waals surface area (Å²) in [6.07, 6.45) is 15.3. The molecule has 6 nitrogen and oxygen atoms in total. The van der Waals surface area contributed by atoms with Crippen LogP contribution in [0.4, 0.5) is 0 Å². The molecule has 0 fully saturated rings. The van der Waals surface area contributed by atoms with Gasteiger partial charge >= 0.3 is 17.9 Å². The Kier molecular flexibility index (Phi) is 16.1. The lowest BCUT2D eigenvalue weighted by molar-refractivity contribution is -0.149. The van der Waals surface area contributed by atoms with Crippen molar-refractivity contribution in [2.75, 3.05) is 0 Å². The van der Waals surface area contributed by atoms with Crippen molar-refractivity contribution in [2.45, 2.75) is 96.8 Å². The van der Waals surface area contributed by atoms with Gasteiger partial charge in [0, 0.05) is 6.42 Å². The molecular formula is C22H38O6. The number of unbranched alkanes of at least 4 members (excludes halogenated alkanes) is 9. The Morgan fingerprint density at radius 3 is 2.00 bits per heavy atom. The van der Waals surface area contributed by atoms with Crippen LogP contribution >= 0.6 is 0 Å². The second-order valence-corrected chi connectivity index (χ2v) is 7.54. The van der Waals surface area contributed by atoms with Gasteiger partial charge in [-0.3, -0.25) is 14.4 Å². The van der Waals surface area contributed by atoms with Crippen LogP contribution in [0.2, 0.25) is 0 Å². The molecule has 0 saturated heterocycles. The van der Waals surface area contributed by atoms with Gasteiger partial charge in [0.25, 0.3) is 0 Å². The molecule has 2 unspecified atom stereocenters. The molecule has 28 heavy (non-hydrogen) atoms. The third-order valence-electron chi connectivity index (χ3n) is 5.01. The Balaban J connectivity index is 4.47. The molecule has 0 aliphatic rings. The third kappa shape index (κ3) is 15.2. The molecule has 0 radical (unpaired) electrons. The second kappa shape index (κ2) is 17.3. The zero-order chi connectivity index (χ0) is 21.2. The molecule has 2 atom stereocenters. The summed E-state index contributed by atoms with van der Waals surface area (Å²) >= 11 is 0. The van der Waals surface area contributed by atoms with E-state index in [1.165, 1.54) is 19.3 Å². The number of rotatable bonds is 19. The standard InChI is InChI=1S/C22H38O6/c1-2-3-4-5-6-8-11-14-18(19(22(27)28)17-21(25)26)15-12-9-7-10-13-16-20(23)24/h11,14,18-19H,2-10,12-13,15-17H2,1H3,(H,23,24)(H,25,26)(H,27,28)/b14-11+. The lowest BCUT2D eigenvalue weighted by Gasteiger charge is -2.20. The van der Waals surface area contributed by atoms with E-state index in [9.17, 15) is 19.5 Å². The van der Waals surface area contributed by atoms with Gasteiger partial charge in [-0.2, -0.15) is 0 Å². The summed E-state index contributed by atoms with van der Waals surface area (Å²) in [4.78, 5) is 33.1. The van der Waals surface area contributed by atoms with E-state index in [2.05, 4.69) is 6.92 Å². The fourth-order valence-electron chi connectivity index (χ4n) is 3.36. The van der Waals surface area contributed by atoms with E-state index < -0.39 is 23.8 Å². The molecule has 0 heterocycles. The molecule has 0 saturated carbocycles. The average Bonchev–Trinajstić information content (AvgIpc) is 2.62. The van der Waals surface area contributed by atoms with Crippen molar-refractivity contribution in [3.8, 4) is 0 Å². The summed E-state index contributed by atoms with van der Waals surface area (Å²) in [5.74, 6) is -4.09. The van der Waals surface area contributed by atoms with E-state index in [0.717, 1.165) is 44.9 Å². The molecule has 3 N–H and O–H groups in total. The summed E-state index contributed by atoms with van der Waals surface area (Å²) in [5, 5.41) is 27.1. The maximum Gasteiger partial charge on any atom is 0.307 e. The van der Waals surface area contributed by atoms with Crippen LogP contribution in [0.25, 0.3) is 0 Å². The number of allylic oxidation sites excluding steroid dienone is 2. The van der Waals surface area contributed by atoms with Crippen LogP contribution in [0.15, 0.2) is 12.2 Å². The van der Waals surface area contributed by atoms with Gasteiger partial charge < -0.3 is 15.3 Å². The third-order valence-corrected chi connectivity index (χ3v) is 5.01. The number of hydrogen-bond donors (Lipinski definition) is 3. The topological polar surface area (TPSA) is 112 Å². The summed E-state index contributed by atoms with van der Waals surface area (Å²) in [5.41, 5.74) is 0. The number of aliphatic carboxylic acids is 3. The first-order valence-electron chi connectivity index (χ1n) is 10.7. The minimum absolute atomic E-state index is 0.184. The predicted molar refractivity (Wildman–Crippen MR) is 109 cm³/mol. The van der Waals surface area contributed by atoms with Crippen molar-refractivity contribution < 1.29 is 29.7 Å². The highest BCUT2D eigenvalue weighted by Gasteiger charge is 2.28. The second-order valence-electron chi connectivity index (χ2n) is 7.54. The fraction of sp³-hybridized carbons (Fsp3) is 0.773. The average molecular weight is 399 g/mol. The highest BCUT2D eigenvalue weighted by Crippen LogP contribution is 2.25. The first kappa shape index (κ1) is 26.1. The Hall–Kier alpha value is -1.85. The molecule has 0 aromatic carbocycles. The van der Waals surface area contributed by atoms with Crippen molar-refractivity contribution in [2.24, 2.45) is 11.8 Å². The van der Waals surface area contributed by atoms with Crippen LogP contribution in [0, 0.1) is 11.8 Å². The Bertz CT molecular complexity index is 472. The quantitative estimate of drug-likeness (QED) is 0.195. The Morgan fingerprint density at radius 2 is 1.39 bits per heavy atom. The van der Waals surface area contributed by atoms with Crippen molar-refractivity contribution in [3.05, 3.63) is 12.2 Å². The Labute approximate surface area is 169 Å². The minimum Gasteiger partial charge on any atom is -0.481 e. The molecule has 0 aromatic heterocycles. The van der Waals surface area contributed by atoms with Crippen molar-refractivity contribution in [1.29, 1.82) is 0 Å². The van der Waals surface area contributed by atoms with Gasteiger partial charge in [0.15, 0.2) is 0 Å². The monoisotopic (exact) mass is 398 g/mol. The predicted octanol–water partition coefficient (Wildman–Crippen LogP) is 5.51. The van der Waals surface area contributed by atoms with E-state index >= 15 is 0 Å². The van der Waals surface area contributed by atoms with Crippen LogP contribution in [-0.4, -0.2) is 33.2 Å². The van der Waals surface area contributed by atoms with Crippen LogP contribution < -0.4 is 0 Å². The van der Waals surface area contributed by atoms with Gasteiger partial charge in [-0.15, -0.1) is 0 Å². The lowest BCUT2D eigenvalue weighted by atomic mass is 9.84. The molecule has 0 aliphatic carbocycles. The highest BCUT2D eigenvalue weighted by atomic mass is 16.4. The zero-order valence-electron chi connectivity index (χ0n) is 17.3. The molecule has 0 bridgehead atoms. The van der Waals surface area contributed by atoms with Gasteiger partial charge in [0.2, 0.25) is 0 Å². The van der Waals surface area contributed by atoms with Crippen LogP contribution in [0.1, 0.15) is 96.8 Å². The molecular weight excluding hydrogens is 360 g/mol. The SMILES string of the molecule is CCCCCCC/C=C/C(CCCCCCCC(=O)O)C(CC(=O)O)C(=O)O. The number of carboxylic acids is 3. The van der Waals surface area contributed by atoms with Gasteiger partial charge in [-0.05, 0) is 31.6 Å². The van der Waals surface area contributed by atoms with E-state index in [1.54, 1.807) is 0 Å². The Morgan fingerprint density at radius 1 is 0.786 bits per heavy atom. The van der Waals surface area contributed by atoms with Gasteiger partial charge in [-0.25, -0.2) is 0 Å². The molecule has 0 spiro atoms. The summed E-state index contributed by atoms with van der Waals surface area (Å²) in [6.45, 7) is 2.17. The number of carboxylic acid groups (broad SMARTS) is 3. The molecule has 0 rings (SSSR count). The van der Waals surface area contributed by atoms with E-state index in [4.69, 9.17) is 10.2 Å². The zero-order valence-corrected chi connectivity index (χ0v) is 17.3. The number of carbonyl (C=O) groups is 3. The number of hydrogen-bond acceptors (Lipinski definition) is 3. The summed E-state index contributed by atoms with van der Waals surface area (Å²) < 4.78 is 0. The first-order chi connectivity index (χ1) is 13.4. The van der Waals surface area contributed by atoms with Gasteiger partial charge in [0.1, 0.15) is 0 Å². The van der Waals surface area contributed by atoms with Crippen LogP contribution in [-0.2, 0) is 14.4 Å². The maximum absolute atomic E-state index is 11.6. The highest BCUT2D eigenvalue weighted by molar-refractivity contribution is 5.78. The van der Waals surface area contributed by atoms with Crippen LogP contribution in [0.5, 0.6) is 0 Å². The van der Waals surface area contributed by atoms with Crippen molar-refractivity contribution in [3.63, 3.8) is 0 Å². The minimum atomic E-state index is -1.08. The summed E-state index contributed by atoms with van der Waals surface area (Å²) in [6, 6.07) is 0. The molecule has 162 valence electrons. The smallest absolute Gasteiger partial charge is 0.307 e. The van der Waals surface area contributed by atoms with E-state index in [0.29, 0.717) is 12.8 Å². The van der Waals surface area contributed by atoms with Crippen molar-refractivity contribution in [1.82, 2.24) is 0 Å². The lowest BCUT2D eigenvalue weighted by Crippen LogP contribution is -2.25. The van der Waals surface area contributed by atoms with E-state index in [1.807, 2.05) is 12.2 Å². The molecule has 0 aliphatic heterocycles. The largest absolute Gasteiger partial charge is 0.481 e. The molecule has 6 heteroatoms. The molecule has 0 amide bonds. The van der Waals surface area contributed by atoms with Crippen molar-refractivity contribution >= 4 is 17.9 Å². The fourth-order valence-corrected chi connectivity index (χ4v) is 3.36.